The van der Waals surface area contributed by atoms with E-state index in [1.54, 1.807) is 25.1 Å². The highest BCUT2D eigenvalue weighted by molar-refractivity contribution is 6.03. The number of ether oxygens (including phenoxy) is 1. The van der Waals surface area contributed by atoms with Gasteiger partial charge in [0.05, 0.1) is 23.0 Å². The molecule has 0 saturated heterocycles. The summed E-state index contributed by atoms with van der Waals surface area (Å²) in [6.45, 7) is 1.51. The lowest BCUT2D eigenvalue weighted by Gasteiger charge is -2.20. The zero-order chi connectivity index (χ0) is 23.7. The molecule has 1 N–H and O–H groups in total. The van der Waals surface area contributed by atoms with Crippen LogP contribution in [0.3, 0.4) is 0 Å². The van der Waals surface area contributed by atoms with Crippen molar-refractivity contribution in [3.63, 3.8) is 0 Å². The third-order valence-corrected chi connectivity index (χ3v) is 5.30. The SMILES string of the molecule is Cc1ccc(C(=O)N[C@H]2COc3cc(C#N)ccc3N(C)C2=O)nc1-c1cc(F)ccc1F. The first-order chi connectivity index (χ1) is 15.8. The Morgan fingerprint density at radius 2 is 2.00 bits per heavy atom. The molecule has 0 bridgehead atoms. The average molecular weight is 448 g/mol. The number of nitrogens with zero attached hydrogens (tertiary/aromatic N) is 3. The van der Waals surface area contributed by atoms with Gasteiger partial charge in [0, 0.05) is 18.7 Å². The Kier molecular flexibility index (Phi) is 5.75. The predicted molar refractivity (Wildman–Crippen MR) is 116 cm³/mol. The number of rotatable bonds is 3. The molecule has 1 aliphatic heterocycles. The number of carbonyl (C=O) groups is 2. The van der Waals surface area contributed by atoms with Gasteiger partial charge >= 0.3 is 0 Å². The van der Waals surface area contributed by atoms with Crippen LogP contribution in [0, 0.1) is 29.9 Å². The molecule has 1 atom stereocenters. The summed E-state index contributed by atoms with van der Waals surface area (Å²) in [5, 5.41) is 11.7. The van der Waals surface area contributed by atoms with Gasteiger partial charge in [-0.05, 0) is 48.9 Å². The highest BCUT2D eigenvalue weighted by Gasteiger charge is 2.31. The van der Waals surface area contributed by atoms with Gasteiger partial charge in [0.15, 0.2) is 0 Å². The highest BCUT2D eigenvalue weighted by Crippen LogP contribution is 2.31. The van der Waals surface area contributed by atoms with E-state index >= 15 is 0 Å². The first-order valence-corrected chi connectivity index (χ1v) is 9.97. The number of likely N-dealkylation sites (N-methyl/N-ethyl adjacent to an activating group) is 1. The molecule has 0 unspecified atom stereocenters. The number of pyridine rings is 1. The molecule has 3 aromatic rings. The van der Waals surface area contributed by atoms with Gasteiger partial charge in [-0.25, -0.2) is 13.8 Å². The van der Waals surface area contributed by atoms with Gasteiger partial charge in [0.25, 0.3) is 11.8 Å². The van der Waals surface area contributed by atoms with Crippen LogP contribution in [0.5, 0.6) is 5.75 Å². The lowest BCUT2D eigenvalue weighted by molar-refractivity contribution is -0.120. The van der Waals surface area contributed by atoms with Gasteiger partial charge in [0.1, 0.15) is 35.7 Å². The van der Waals surface area contributed by atoms with E-state index in [1.807, 2.05) is 6.07 Å². The summed E-state index contributed by atoms with van der Waals surface area (Å²) >= 11 is 0. The number of benzene rings is 2. The van der Waals surface area contributed by atoms with Crippen LogP contribution in [-0.2, 0) is 4.79 Å². The predicted octanol–water partition coefficient (Wildman–Crippen LogP) is 3.36. The number of aryl methyl sites for hydroxylation is 1. The third kappa shape index (κ3) is 4.23. The van der Waals surface area contributed by atoms with E-state index in [9.17, 15) is 18.4 Å². The monoisotopic (exact) mass is 448 g/mol. The lowest BCUT2D eigenvalue weighted by Crippen LogP contribution is -2.49. The topological polar surface area (TPSA) is 95.3 Å². The van der Waals surface area contributed by atoms with Crippen LogP contribution >= 0.6 is 0 Å². The zero-order valence-corrected chi connectivity index (χ0v) is 17.7. The molecule has 0 radical (unpaired) electrons. The number of hydrogen-bond donors (Lipinski definition) is 1. The summed E-state index contributed by atoms with van der Waals surface area (Å²) in [7, 11) is 1.54. The molecule has 0 saturated carbocycles. The summed E-state index contributed by atoms with van der Waals surface area (Å²) in [6, 6.07) is 11.7. The fraction of sp³-hybridized carbons (Fsp3) is 0.167. The third-order valence-electron chi connectivity index (χ3n) is 5.30. The molecule has 0 spiro atoms. The van der Waals surface area contributed by atoms with Crippen LogP contribution in [-0.4, -0.2) is 36.5 Å². The quantitative estimate of drug-likeness (QED) is 0.663. The second-order valence-electron chi connectivity index (χ2n) is 7.51. The second-order valence-corrected chi connectivity index (χ2v) is 7.51. The fourth-order valence-corrected chi connectivity index (χ4v) is 3.52. The maximum Gasteiger partial charge on any atom is 0.270 e. The van der Waals surface area contributed by atoms with Crippen molar-refractivity contribution < 1.29 is 23.1 Å². The number of carbonyl (C=O) groups excluding carboxylic acids is 2. The number of hydrogen-bond acceptors (Lipinski definition) is 5. The van der Waals surface area contributed by atoms with Gasteiger partial charge < -0.3 is 15.0 Å². The first kappa shape index (κ1) is 21.9. The Labute approximate surface area is 188 Å². The number of fused-ring (bicyclic) bond motifs is 1. The molecule has 1 aliphatic rings. The van der Waals surface area contributed by atoms with Gasteiger partial charge in [0.2, 0.25) is 0 Å². The second kappa shape index (κ2) is 8.67. The molecule has 166 valence electrons. The molecule has 2 heterocycles. The van der Waals surface area contributed by atoms with E-state index in [4.69, 9.17) is 10.00 Å². The van der Waals surface area contributed by atoms with Crippen molar-refractivity contribution in [2.75, 3.05) is 18.6 Å². The standard InChI is InChI=1S/C24H18F2N4O3/c1-13-3-7-18(28-22(13)16-10-15(25)5-6-17(16)26)23(31)29-19-12-33-21-9-14(11-27)4-8-20(21)30(2)24(19)32/h3-10,19H,12H2,1-2H3,(H,29,31)/t19-/m0/s1. The number of amides is 2. The molecule has 9 heteroatoms. The van der Waals surface area contributed by atoms with Crippen molar-refractivity contribution >= 4 is 17.5 Å². The summed E-state index contributed by atoms with van der Waals surface area (Å²) in [4.78, 5) is 31.4. The number of nitrogens with one attached hydrogen (secondary N) is 1. The Hall–Kier alpha value is -4.32. The van der Waals surface area contributed by atoms with Crippen molar-refractivity contribution in [2.24, 2.45) is 0 Å². The fourth-order valence-electron chi connectivity index (χ4n) is 3.52. The normalized spacial score (nSPS) is 15.2. The molecule has 1 aromatic heterocycles. The number of anilines is 1. The molecular weight excluding hydrogens is 430 g/mol. The van der Waals surface area contributed by atoms with Crippen molar-refractivity contribution in [1.29, 1.82) is 5.26 Å². The van der Waals surface area contributed by atoms with Crippen molar-refractivity contribution in [3.8, 4) is 23.1 Å². The molecule has 33 heavy (non-hydrogen) atoms. The number of halogens is 2. The van der Waals surface area contributed by atoms with E-state index in [-0.39, 0.29) is 23.6 Å². The van der Waals surface area contributed by atoms with Crippen molar-refractivity contribution in [2.45, 2.75) is 13.0 Å². The zero-order valence-electron chi connectivity index (χ0n) is 17.7. The van der Waals surface area contributed by atoms with E-state index in [0.29, 0.717) is 22.6 Å². The van der Waals surface area contributed by atoms with Crippen LogP contribution in [0.15, 0.2) is 48.5 Å². The van der Waals surface area contributed by atoms with Crippen molar-refractivity contribution in [3.05, 3.63) is 77.0 Å². The lowest BCUT2D eigenvalue weighted by atomic mass is 10.1. The van der Waals surface area contributed by atoms with E-state index in [0.717, 1.165) is 18.2 Å². The van der Waals surface area contributed by atoms with E-state index in [2.05, 4.69) is 10.3 Å². The molecule has 0 fully saturated rings. The molecular formula is C24H18F2N4O3. The number of nitriles is 1. The number of aromatic nitrogens is 1. The Balaban J connectivity index is 1.59. The van der Waals surface area contributed by atoms with Gasteiger partial charge in [-0.15, -0.1) is 0 Å². The molecule has 0 aliphatic carbocycles. The Morgan fingerprint density at radius 1 is 1.21 bits per heavy atom. The smallest absolute Gasteiger partial charge is 0.270 e. The van der Waals surface area contributed by atoms with Crippen LogP contribution in [0.1, 0.15) is 21.6 Å². The highest BCUT2D eigenvalue weighted by atomic mass is 19.1. The van der Waals surface area contributed by atoms with Gasteiger partial charge in [-0.2, -0.15) is 5.26 Å². The minimum Gasteiger partial charge on any atom is -0.489 e. The van der Waals surface area contributed by atoms with Crippen molar-refractivity contribution in [1.82, 2.24) is 10.3 Å². The van der Waals surface area contributed by atoms with Gasteiger partial charge in [-0.3, -0.25) is 9.59 Å². The van der Waals surface area contributed by atoms with E-state index < -0.39 is 29.5 Å². The van der Waals surface area contributed by atoms with E-state index in [1.165, 1.54) is 24.1 Å². The minimum absolute atomic E-state index is 0.0664. The maximum absolute atomic E-state index is 14.3. The Bertz CT molecular complexity index is 1320. The summed E-state index contributed by atoms with van der Waals surface area (Å²) in [5.74, 6) is -2.06. The largest absolute Gasteiger partial charge is 0.489 e. The summed E-state index contributed by atoms with van der Waals surface area (Å²) in [6.07, 6.45) is 0. The van der Waals surface area contributed by atoms with Crippen LogP contribution in [0.4, 0.5) is 14.5 Å². The van der Waals surface area contributed by atoms with Crippen LogP contribution < -0.4 is 15.0 Å². The minimum atomic E-state index is -1.03. The first-order valence-electron chi connectivity index (χ1n) is 9.97. The molecule has 2 aromatic carbocycles. The van der Waals surface area contributed by atoms with Crippen LogP contribution in [0.25, 0.3) is 11.3 Å². The summed E-state index contributed by atoms with van der Waals surface area (Å²) < 4.78 is 33.6. The Morgan fingerprint density at radius 3 is 2.76 bits per heavy atom. The van der Waals surface area contributed by atoms with Gasteiger partial charge in [-0.1, -0.05) is 6.07 Å². The average Bonchev–Trinajstić information content (AvgIpc) is 2.92. The molecule has 2 amide bonds. The molecule has 7 nitrogen and oxygen atoms in total. The molecule has 4 rings (SSSR count). The van der Waals surface area contributed by atoms with Crippen LogP contribution in [0.2, 0.25) is 0 Å². The summed E-state index contributed by atoms with van der Waals surface area (Å²) in [5.41, 5.74) is 1.37. The maximum atomic E-state index is 14.3.